The van der Waals surface area contributed by atoms with Crippen LogP contribution in [0.4, 0.5) is 4.39 Å². The van der Waals surface area contributed by atoms with Crippen molar-refractivity contribution in [3.63, 3.8) is 0 Å². The van der Waals surface area contributed by atoms with E-state index in [0.29, 0.717) is 17.5 Å². The molecular formula is C12H15ClFN. The first-order valence-electron chi connectivity index (χ1n) is 5.24. The van der Waals surface area contributed by atoms with Crippen LogP contribution in [0.15, 0.2) is 18.2 Å². The van der Waals surface area contributed by atoms with Gasteiger partial charge in [0.05, 0.1) is 5.02 Å². The number of hydrogen-bond donors (Lipinski definition) is 1. The molecule has 1 aromatic rings. The first kappa shape index (κ1) is 10.9. The molecule has 0 heterocycles. The number of nitrogens with one attached hydrogen (secondary N) is 1. The van der Waals surface area contributed by atoms with Crippen molar-refractivity contribution in [2.24, 2.45) is 5.41 Å². The fourth-order valence-corrected chi connectivity index (χ4v) is 1.77. The molecule has 1 fully saturated rings. The Morgan fingerprint density at radius 3 is 2.87 bits per heavy atom. The van der Waals surface area contributed by atoms with Gasteiger partial charge in [-0.25, -0.2) is 4.39 Å². The Morgan fingerprint density at radius 2 is 2.20 bits per heavy atom. The zero-order valence-electron chi connectivity index (χ0n) is 8.82. The highest BCUT2D eigenvalue weighted by molar-refractivity contribution is 6.30. The minimum absolute atomic E-state index is 0.201. The second-order valence-corrected chi connectivity index (χ2v) is 5.03. The van der Waals surface area contributed by atoms with Crippen molar-refractivity contribution >= 4 is 11.6 Å². The summed E-state index contributed by atoms with van der Waals surface area (Å²) in [6, 6.07) is 5.12. The Bertz CT molecular complexity index is 361. The largest absolute Gasteiger partial charge is 0.312 e. The summed E-state index contributed by atoms with van der Waals surface area (Å²) < 4.78 is 13.5. The molecule has 0 unspecified atom stereocenters. The first-order valence-corrected chi connectivity index (χ1v) is 5.62. The van der Waals surface area contributed by atoms with Crippen molar-refractivity contribution in [1.82, 2.24) is 5.32 Å². The van der Waals surface area contributed by atoms with Crippen molar-refractivity contribution in [3.05, 3.63) is 34.6 Å². The van der Waals surface area contributed by atoms with Crippen LogP contribution < -0.4 is 5.32 Å². The van der Waals surface area contributed by atoms with Crippen molar-refractivity contribution in [1.29, 1.82) is 0 Å². The Hall–Kier alpha value is -0.600. The maximum atomic E-state index is 13.5. The molecule has 0 aromatic heterocycles. The number of benzene rings is 1. The zero-order chi connectivity index (χ0) is 10.9. The summed E-state index contributed by atoms with van der Waals surface area (Å²) >= 11 is 5.69. The van der Waals surface area contributed by atoms with Gasteiger partial charge in [-0.15, -0.1) is 0 Å². The van der Waals surface area contributed by atoms with Crippen LogP contribution in [-0.2, 0) is 6.54 Å². The lowest BCUT2D eigenvalue weighted by molar-refractivity contribution is 0.491. The third-order valence-electron chi connectivity index (χ3n) is 3.00. The van der Waals surface area contributed by atoms with Gasteiger partial charge in [0.2, 0.25) is 0 Å². The average Bonchev–Trinajstić information content (AvgIpc) is 2.92. The lowest BCUT2D eigenvalue weighted by Crippen LogP contribution is -2.22. The van der Waals surface area contributed by atoms with Crippen LogP contribution in [0.2, 0.25) is 5.02 Å². The molecule has 1 N–H and O–H groups in total. The molecular weight excluding hydrogens is 213 g/mol. The molecule has 1 aliphatic rings. The van der Waals surface area contributed by atoms with Gasteiger partial charge >= 0.3 is 0 Å². The van der Waals surface area contributed by atoms with Gasteiger partial charge in [0.15, 0.2) is 0 Å². The van der Waals surface area contributed by atoms with Crippen molar-refractivity contribution < 1.29 is 4.39 Å². The Labute approximate surface area is 94.6 Å². The fraction of sp³-hybridized carbons (Fsp3) is 0.500. The highest BCUT2D eigenvalue weighted by atomic mass is 35.5. The van der Waals surface area contributed by atoms with E-state index in [1.54, 1.807) is 18.2 Å². The van der Waals surface area contributed by atoms with E-state index in [-0.39, 0.29) is 10.8 Å². The molecule has 2 rings (SSSR count). The van der Waals surface area contributed by atoms with Gasteiger partial charge < -0.3 is 5.32 Å². The standard InChI is InChI=1S/C12H15ClFN/c1-12(5-6-12)8-15-7-9-3-2-4-10(13)11(9)14/h2-4,15H,5-8H2,1H3. The molecule has 0 radical (unpaired) electrons. The van der Waals surface area contributed by atoms with E-state index in [1.807, 2.05) is 0 Å². The molecule has 3 heteroatoms. The molecule has 1 nitrogen and oxygen atoms in total. The van der Waals surface area contributed by atoms with Crippen molar-refractivity contribution in [2.75, 3.05) is 6.54 Å². The smallest absolute Gasteiger partial charge is 0.146 e. The number of halogens is 2. The quantitative estimate of drug-likeness (QED) is 0.832. The highest BCUT2D eigenvalue weighted by Gasteiger charge is 2.36. The average molecular weight is 228 g/mol. The summed E-state index contributed by atoms with van der Waals surface area (Å²) in [7, 11) is 0. The highest BCUT2D eigenvalue weighted by Crippen LogP contribution is 2.44. The van der Waals surface area contributed by atoms with Gasteiger partial charge in [-0.1, -0.05) is 30.7 Å². The molecule has 1 aromatic carbocycles. The van der Waals surface area contributed by atoms with Crippen molar-refractivity contribution in [3.8, 4) is 0 Å². The fourth-order valence-electron chi connectivity index (χ4n) is 1.57. The Kier molecular flexibility index (Phi) is 2.98. The minimum atomic E-state index is -0.299. The van der Waals surface area contributed by atoms with Gasteiger partial charge in [-0.3, -0.25) is 0 Å². The van der Waals surface area contributed by atoms with Crippen LogP contribution in [0.1, 0.15) is 25.3 Å². The molecule has 0 spiro atoms. The van der Waals surface area contributed by atoms with Crippen LogP contribution >= 0.6 is 11.6 Å². The van der Waals surface area contributed by atoms with Crippen LogP contribution in [0.3, 0.4) is 0 Å². The van der Waals surface area contributed by atoms with Crippen LogP contribution in [0.5, 0.6) is 0 Å². The third-order valence-corrected chi connectivity index (χ3v) is 3.29. The Balaban J connectivity index is 1.90. The molecule has 0 amide bonds. The van der Waals surface area contributed by atoms with Gasteiger partial charge in [0.1, 0.15) is 5.82 Å². The van der Waals surface area contributed by atoms with E-state index >= 15 is 0 Å². The molecule has 0 bridgehead atoms. The maximum absolute atomic E-state index is 13.5. The van der Waals surface area contributed by atoms with E-state index in [9.17, 15) is 4.39 Å². The summed E-state index contributed by atoms with van der Waals surface area (Å²) in [5.74, 6) is -0.299. The number of hydrogen-bond acceptors (Lipinski definition) is 1. The molecule has 15 heavy (non-hydrogen) atoms. The molecule has 1 aliphatic carbocycles. The van der Waals surface area contributed by atoms with Crippen molar-refractivity contribution in [2.45, 2.75) is 26.3 Å². The lowest BCUT2D eigenvalue weighted by Gasteiger charge is -2.10. The second kappa shape index (κ2) is 4.11. The van der Waals surface area contributed by atoms with E-state index in [0.717, 1.165) is 6.54 Å². The van der Waals surface area contributed by atoms with Gasteiger partial charge in [-0.05, 0) is 24.3 Å². The Morgan fingerprint density at radius 1 is 1.47 bits per heavy atom. The normalized spacial score (nSPS) is 17.8. The van der Waals surface area contributed by atoms with Gasteiger partial charge in [-0.2, -0.15) is 0 Å². The monoisotopic (exact) mass is 227 g/mol. The van der Waals surface area contributed by atoms with Crippen LogP contribution in [0.25, 0.3) is 0 Å². The van der Waals surface area contributed by atoms with Gasteiger partial charge in [0.25, 0.3) is 0 Å². The number of rotatable bonds is 4. The van der Waals surface area contributed by atoms with Gasteiger partial charge in [0, 0.05) is 18.7 Å². The first-order chi connectivity index (χ1) is 7.11. The van der Waals surface area contributed by atoms with E-state index in [2.05, 4.69) is 12.2 Å². The van der Waals surface area contributed by atoms with E-state index in [1.165, 1.54) is 12.8 Å². The maximum Gasteiger partial charge on any atom is 0.146 e. The molecule has 0 aliphatic heterocycles. The summed E-state index contributed by atoms with van der Waals surface area (Å²) in [4.78, 5) is 0. The SMILES string of the molecule is CC1(CNCc2cccc(Cl)c2F)CC1. The summed E-state index contributed by atoms with van der Waals surface area (Å²) in [6.07, 6.45) is 2.55. The molecule has 0 atom stereocenters. The molecule has 1 saturated carbocycles. The molecule has 0 saturated heterocycles. The lowest BCUT2D eigenvalue weighted by atomic mass is 10.1. The van der Waals surface area contributed by atoms with E-state index in [4.69, 9.17) is 11.6 Å². The summed E-state index contributed by atoms with van der Waals surface area (Å²) in [6.45, 7) is 3.76. The molecule has 82 valence electrons. The predicted molar refractivity (Wildman–Crippen MR) is 60.5 cm³/mol. The topological polar surface area (TPSA) is 12.0 Å². The van der Waals surface area contributed by atoms with Crippen LogP contribution in [0, 0.1) is 11.2 Å². The predicted octanol–water partition coefficient (Wildman–Crippen LogP) is 3.37. The summed E-state index contributed by atoms with van der Waals surface area (Å²) in [5, 5.41) is 3.47. The summed E-state index contributed by atoms with van der Waals surface area (Å²) in [5.41, 5.74) is 1.10. The third kappa shape index (κ3) is 2.70. The second-order valence-electron chi connectivity index (χ2n) is 4.63. The van der Waals surface area contributed by atoms with E-state index < -0.39 is 0 Å². The minimum Gasteiger partial charge on any atom is -0.312 e. The zero-order valence-corrected chi connectivity index (χ0v) is 9.57. The van der Waals surface area contributed by atoms with Crippen LogP contribution in [-0.4, -0.2) is 6.54 Å².